The van der Waals surface area contributed by atoms with Crippen LogP contribution in [-0.4, -0.2) is 65.3 Å². The third-order valence-electron chi connectivity index (χ3n) is 6.60. The number of allylic oxidation sites excluding steroid dienone is 2. The van der Waals surface area contributed by atoms with Crippen LogP contribution in [0.25, 0.3) is 10.4 Å². The zero-order chi connectivity index (χ0) is 24.1. The Bertz CT molecular complexity index is 1130. The van der Waals surface area contributed by atoms with E-state index in [1.807, 2.05) is 30.0 Å². The number of halogens is 1. The number of aromatic nitrogens is 2. The number of hydrogen-bond donors (Lipinski definition) is 2. The second kappa shape index (κ2) is 12.0. The molecule has 9 heteroatoms. The predicted molar refractivity (Wildman–Crippen MR) is 140 cm³/mol. The molecule has 1 fully saturated rings. The van der Waals surface area contributed by atoms with Crippen molar-refractivity contribution in [3.05, 3.63) is 58.8 Å². The van der Waals surface area contributed by atoms with Crippen LogP contribution in [0.1, 0.15) is 66.2 Å². The standard InChI is InChI=1S/C26H32N6O2.ClH/c1-27-23-16-28-25(30-23)26(34)29-22-10-9-20(15-21(22)19-7-5-4-6-8-19)18-11-13-32(14-12-18)24(33)17-31(2)3;/h7,9-10,15-16,18H,4-6,8,11-14,17H2,2-3H3,(H,28,30)(H,29,34);1H. The van der Waals surface area contributed by atoms with E-state index in [-0.39, 0.29) is 35.9 Å². The maximum atomic E-state index is 12.8. The highest BCUT2D eigenvalue weighted by atomic mass is 35.5. The summed E-state index contributed by atoms with van der Waals surface area (Å²) >= 11 is 0. The number of amides is 2. The van der Waals surface area contributed by atoms with E-state index < -0.39 is 0 Å². The molecule has 1 aromatic heterocycles. The monoisotopic (exact) mass is 496 g/mol. The quantitative estimate of drug-likeness (QED) is 0.559. The molecule has 0 spiro atoms. The van der Waals surface area contributed by atoms with Crippen LogP contribution >= 0.6 is 12.4 Å². The highest BCUT2D eigenvalue weighted by molar-refractivity contribution is 6.03. The van der Waals surface area contributed by atoms with Gasteiger partial charge in [-0.2, -0.15) is 0 Å². The smallest absolute Gasteiger partial charge is 0.314 e. The van der Waals surface area contributed by atoms with Gasteiger partial charge in [0.15, 0.2) is 0 Å². The van der Waals surface area contributed by atoms with Crippen LogP contribution in [0.15, 0.2) is 30.5 Å². The van der Waals surface area contributed by atoms with Crippen molar-refractivity contribution >= 4 is 41.3 Å². The third-order valence-corrected chi connectivity index (χ3v) is 6.60. The van der Waals surface area contributed by atoms with E-state index in [0.29, 0.717) is 12.5 Å². The molecule has 1 aliphatic heterocycles. The summed E-state index contributed by atoms with van der Waals surface area (Å²) in [4.78, 5) is 39.1. The maximum Gasteiger partial charge on any atom is 0.314 e. The normalized spacial score (nSPS) is 16.3. The molecule has 1 saturated heterocycles. The van der Waals surface area contributed by atoms with Gasteiger partial charge in [0.1, 0.15) is 0 Å². The Kier molecular flexibility index (Phi) is 9.07. The number of imidazole rings is 1. The molecule has 8 nitrogen and oxygen atoms in total. The number of H-pyrrole nitrogens is 1. The highest BCUT2D eigenvalue weighted by Crippen LogP contribution is 2.36. The first-order valence-corrected chi connectivity index (χ1v) is 11.9. The first-order chi connectivity index (χ1) is 16.4. The summed E-state index contributed by atoms with van der Waals surface area (Å²) in [5, 5.41) is 3.00. The molecule has 0 atom stereocenters. The van der Waals surface area contributed by atoms with E-state index in [2.05, 4.69) is 38.3 Å². The number of anilines is 1. The molecule has 0 unspecified atom stereocenters. The van der Waals surface area contributed by atoms with E-state index >= 15 is 0 Å². The minimum absolute atomic E-state index is 0. The summed E-state index contributed by atoms with van der Waals surface area (Å²) in [6.07, 6.45) is 9.90. The van der Waals surface area contributed by atoms with Gasteiger partial charge >= 0.3 is 5.91 Å². The van der Waals surface area contributed by atoms with Crippen LogP contribution in [0.3, 0.4) is 0 Å². The van der Waals surface area contributed by atoms with Crippen LogP contribution in [0.2, 0.25) is 0 Å². The van der Waals surface area contributed by atoms with Crippen LogP contribution in [-0.2, 0) is 4.79 Å². The summed E-state index contributed by atoms with van der Waals surface area (Å²) in [5.74, 6) is 0.601. The topological polar surface area (TPSA) is 85.7 Å². The average molecular weight is 497 g/mol. The molecule has 35 heavy (non-hydrogen) atoms. The number of nitrogens with zero attached hydrogens (tertiary/aromatic N) is 4. The summed E-state index contributed by atoms with van der Waals surface area (Å²) in [7, 11) is 3.84. The lowest BCUT2D eigenvalue weighted by molar-refractivity contribution is -0.132. The number of piperidine rings is 1. The Balaban J connectivity index is 0.00000342. The molecule has 1 aromatic carbocycles. The zero-order valence-corrected chi connectivity index (χ0v) is 21.2. The largest absolute Gasteiger partial charge is 0.363 e. The molecule has 2 amide bonds. The van der Waals surface area contributed by atoms with Crippen molar-refractivity contribution < 1.29 is 9.59 Å². The van der Waals surface area contributed by atoms with Crippen molar-refractivity contribution in [3.63, 3.8) is 0 Å². The Hall–Kier alpha value is -3.15. The average Bonchev–Trinajstić information content (AvgIpc) is 3.34. The van der Waals surface area contributed by atoms with E-state index in [1.165, 1.54) is 23.8 Å². The Morgan fingerprint density at radius 1 is 1.26 bits per heavy atom. The first kappa shape index (κ1) is 26.5. The van der Waals surface area contributed by atoms with E-state index in [1.54, 1.807) is 0 Å². The van der Waals surface area contributed by atoms with Gasteiger partial charge in [0, 0.05) is 24.3 Å². The second-order valence-electron chi connectivity index (χ2n) is 9.36. The van der Waals surface area contributed by atoms with Gasteiger partial charge < -0.3 is 20.0 Å². The zero-order valence-electron chi connectivity index (χ0n) is 20.3. The number of rotatable bonds is 6. The Labute approximate surface area is 213 Å². The molecule has 2 aromatic rings. The minimum atomic E-state index is -0.354. The van der Waals surface area contributed by atoms with Gasteiger partial charge in [-0.05, 0) is 81.8 Å². The van der Waals surface area contributed by atoms with Gasteiger partial charge in [0.05, 0.1) is 12.7 Å². The molecule has 2 N–H and O–H groups in total. The number of nitrogens with one attached hydrogen (secondary N) is 2. The molecule has 2 aliphatic rings. The number of benzene rings is 1. The number of carbonyl (C=O) groups is 2. The number of carbonyl (C=O) groups excluding carboxylic acids is 2. The number of likely N-dealkylation sites (tertiary alicyclic amines) is 1. The van der Waals surface area contributed by atoms with Crippen LogP contribution in [0, 0.1) is 6.57 Å². The van der Waals surface area contributed by atoms with Crippen LogP contribution in [0.4, 0.5) is 11.5 Å². The fourth-order valence-electron chi connectivity index (χ4n) is 4.77. The lowest BCUT2D eigenvalue weighted by Crippen LogP contribution is -2.42. The van der Waals surface area contributed by atoms with Crippen molar-refractivity contribution in [2.75, 3.05) is 39.0 Å². The van der Waals surface area contributed by atoms with Gasteiger partial charge in [0.25, 0.3) is 5.82 Å². The molecular formula is C26H33ClN6O2. The molecule has 0 saturated carbocycles. The van der Waals surface area contributed by atoms with Gasteiger partial charge in [-0.1, -0.05) is 18.7 Å². The number of hydrogen-bond acceptors (Lipinski definition) is 4. The predicted octanol–water partition coefficient (Wildman–Crippen LogP) is 4.86. The van der Waals surface area contributed by atoms with Gasteiger partial charge in [-0.3, -0.25) is 14.6 Å². The number of likely N-dealkylation sites (N-methyl/N-ethyl adjacent to an activating group) is 1. The Morgan fingerprint density at radius 2 is 2.03 bits per heavy atom. The third kappa shape index (κ3) is 6.50. The van der Waals surface area contributed by atoms with Gasteiger partial charge in [-0.15, -0.1) is 12.4 Å². The van der Waals surface area contributed by atoms with Gasteiger partial charge in [0.2, 0.25) is 11.7 Å². The van der Waals surface area contributed by atoms with Crippen molar-refractivity contribution in [1.82, 2.24) is 19.8 Å². The lowest BCUT2D eigenvalue weighted by atomic mass is 9.85. The summed E-state index contributed by atoms with van der Waals surface area (Å²) in [6, 6.07) is 6.30. The van der Waals surface area contributed by atoms with Crippen molar-refractivity contribution in [2.24, 2.45) is 0 Å². The Morgan fingerprint density at radius 3 is 2.66 bits per heavy atom. The highest BCUT2D eigenvalue weighted by Gasteiger charge is 2.25. The summed E-state index contributed by atoms with van der Waals surface area (Å²) in [6.45, 7) is 9.06. The number of aromatic amines is 1. The van der Waals surface area contributed by atoms with Gasteiger partial charge in [-0.25, -0.2) is 4.98 Å². The van der Waals surface area contributed by atoms with Crippen molar-refractivity contribution in [1.29, 1.82) is 0 Å². The SMILES string of the molecule is Cl.[C-]#[N+]c1cnc(C(=O)Nc2ccc(C3CCN(C(=O)CN(C)C)CC3)cc2C2=CCCCC2)[nH]1. The molecule has 2 heterocycles. The summed E-state index contributed by atoms with van der Waals surface area (Å²) in [5.41, 5.74) is 4.35. The molecular weight excluding hydrogens is 464 g/mol. The molecule has 0 radical (unpaired) electrons. The fourth-order valence-corrected chi connectivity index (χ4v) is 4.77. The van der Waals surface area contributed by atoms with Crippen LogP contribution < -0.4 is 5.32 Å². The van der Waals surface area contributed by atoms with E-state index in [4.69, 9.17) is 6.57 Å². The van der Waals surface area contributed by atoms with Crippen molar-refractivity contribution in [3.8, 4) is 0 Å². The molecule has 186 valence electrons. The van der Waals surface area contributed by atoms with E-state index in [9.17, 15) is 9.59 Å². The maximum absolute atomic E-state index is 12.8. The molecule has 1 aliphatic carbocycles. The molecule has 0 bridgehead atoms. The first-order valence-electron chi connectivity index (χ1n) is 11.9. The van der Waals surface area contributed by atoms with E-state index in [0.717, 1.165) is 56.4 Å². The summed E-state index contributed by atoms with van der Waals surface area (Å²) < 4.78 is 0. The second-order valence-corrected chi connectivity index (χ2v) is 9.36. The minimum Gasteiger partial charge on any atom is -0.363 e. The fraction of sp³-hybridized carbons (Fsp3) is 0.462. The molecule has 4 rings (SSSR count). The van der Waals surface area contributed by atoms with Crippen molar-refractivity contribution in [2.45, 2.75) is 44.4 Å². The lowest BCUT2D eigenvalue weighted by Gasteiger charge is -2.33. The van der Waals surface area contributed by atoms with Crippen LogP contribution in [0.5, 0.6) is 0 Å².